The molecule has 144 valence electrons. The van der Waals surface area contributed by atoms with E-state index < -0.39 is 18.5 Å². The number of rotatable bonds is 12. The number of aliphatic hydroxyl groups is 2. The molecule has 0 radical (unpaired) electrons. The van der Waals surface area contributed by atoms with Crippen LogP contribution < -0.4 is 4.74 Å². The van der Waals surface area contributed by atoms with Gasteiger partial charge in [-0.3, -0.25) is 9.59 Å². The van der Waals surface area contributed by atoms with Crippen LogP contribution in [0.25, 0.3) is 6.08 Å². The summed E-state index contributed by atoms with van der Waals surface area (Å²) in [5.41, 5.74) is 1.85. The number of ketones is 2. The molecule has 0 bridgehead atoms. The summed E-state index contributed by atoms with van der Waals surface area (Å²) in [6.45, 7) is 3.53. The number of aryl methyl sites for hydroxylation is 1. The van der Waals surface area contributed by atoms with Crippen molar-refractivity contribution in [3.8, 4) is 5.75 Å². The summed E-state index contributed by atoms with van der Waals surface area (Å²) in [6.07, 6.45) is 3.86. The van der Waals surface area contributed by atoms with Gasteiger partial charge in [0, 0.05) is 12.8 Å². The summed E-state index contributed by atoms with van der Waals surface area (Å²) in [7, 11) is 1.59. The predicted octanol–water partition coefficient (Wildman–Crippen LogP) is 3.10. The number of methoxy groups -OCH3 is 1. The standard InChI is InChI=1S/C21H30O5/c1-4-6-7-8-20(24)19(21(25)13-17(23)14-22)12-16-9-10-18(26-3)11-15(16)5-2/h9-12,17,22-23H,4-8,13-14H2,1-3H3. The normalized spacial score (nSPS) is 12.7. The van der Waals surface area contributed by atoms with E-state index in [1.807, 2.05) is 19.1 Å². The Labute approximate surface area is 155 Å². The quantitative estimate of drug-likeness (QED) is 0.258. The Morgan fingerprint density at radius 3 is 2.50 bits per heavy atom. The van der Waals surface area contributed by atoms with Gasteiger partial charge in [-0.15, -0.1) is 0 Å². The van der Waals surface area contributed by atoms with Crippen LogP contribution in [0.2, 0.25) is 0 Å². The van der Waals surface area contributed by atoms with Crippen LogP contribution in [0.1, 0.15) is 57.1 Å². The average molecular weight is 362 g/mol. The van der Waals surface area contributed by atoms with Crippen molar-refractivity contribution in [3.63, 3.8) is 0 Å². The Hall–Kier alpha value is -1.98. The zero-order chi connectivity index (χ0) is 19.5. The number of carbonyl (C=O) groups is 2. The van der Waals surface area contributed by atoms with Gasteiger partial charge in [0.2, 0.25) is 0 Å². The van der Waals surface area contributed by atoms with Crippen LogP contribution in [0, 0.1) is 0 Å². The molecule has 1 aromatic carbocycles. The number of allylic oxidation sites excluding steroid dienone is 1. The lowest BCUT2D eigenvalue weighted by Gasteiger charge is -2.11. The summed E-state index contributed by atoms with van der Waals surface area (Å²) in [6, 6.07) is 5.50. The van der Waals surface area contributed by atoms with Crippen molar-refractivity contribution in [1.29, 1.82) is 0 Å². The topological polar surface area (TPSA) is 83.8 Å². The summed E-state index contributed by atoms with van der Waals surface area (Å²) in [5.74, 6) is 0.0641. The van der Waals surface area contributed by atoms with Gasteiger partial charge in [0.25, 0.3) is 0 Å². The molecule has 1 rings (SSSR count). The molecule has 0 aliphatic heterocycles. The second kappa shape index (κ2) is 11.6. The molecule has 2 N–H and O–H groups in total. The van der Waals surface area contributed by atoms with Crippen molar-refractivity contribution in [1.82, 2.24) is 0 Å². The van der Waals surface area contributed by atoms with Crippen LogP contribution in [-0.4, -0.2) is 41.6 Å². The second-order valence-electron chi connectivity index (χ2n) is 6.32. The number of aliphatic hydroxyl groups excluding tert-OH is 2. The van der Waals surface area contributed by atoms with Crippen molar-refractivity contribution >= 4 is 17.6 Å². The smallest absolute Gasteiger partial charge is 0.169 e. The Balaban J connectivity index is 3.19. The zero-order valence-electron chi connectivity index (χ0n) is 16.0. The van der Waals surface area contributed by atoms with E-state index in [4.69, 9.17) is 9.84 Å². The van der Waals surface area contributed by atoms with E-state index >= 15 is 0 Å². The van der Waals surface area contributed by atoms with Crippen LogP contribution in [-0.2, 0) is 16.0 Å². The van der Waals surface area contributed by atoms with Crippen LogP contribution in [0.4, 0.5) is 0 Å². The number of carbonyl (C=O) groups excluding carboxylic acids is 2. The number of ether oxygens (including phenoxy) is 1. The molecule has 0 aliphatic carbocycles. The van der Waals surface area contributed by atoms with Crippen LogP contribution in [0.15, 0.2) is 23.8 Å². The Bertz CT molecular complexity index is 633. The molecule has 1 atom stereocenters. The zero-order valence-corrected chi connectivity index (χ0v) is 16.0. The Morgan fingerprint density at radius 2 is 1.92 bits per heavy atom. The van der Waals surface area contributed by atoms with E-state index in [1.54, 1.807) is 19.3 Å². The van der Waals surface area contributed by atoms with E-state index in [1.165, 1.54) is 0 Å². The minimum Gasteiger partial charge on any atom is -0.497 e. The molecular weight excluding hydrogens is 332 g/mol. The minimum absolute atomic E-state index is 0.0912. The lowest BCUT2D eigenvalue weighted by atomic mass is 9.94. The number of hydrogen-bond donors (Lipinski definition) is 2. The van der Waals surface area contributed by atoms with E-state index in [-0.39, 0.29) is 17.8 Å². The maximum absolute atomic E-state index is 12.6. The average Bonchev–Trinajstić information content (AvgIpc) is 2.65. The monoisotopic (exact) mass is 362 g/mol. The van der Waals surface area contributed by atoms with Crippen molar-refractivity contribution in [2.24, 2.45) is 0 Å². The third-order valence-electron chi connectivity index (χ3n) is 4.27. The molecule has 0 spiro atoms. The van der Waals surface area contributed by atoms with Gasteiger partial charge in [-0.2, -0.15) is 0 Å². The summed E-state index contributed by atoms with van der Waals surface area (Å²) >= 11 is 0. The number of benzene rings is 1. The predicted molar refractivity (Wildman–Crippen MR) is 102 cm³/mol. The van der Waals surface area contributed by atoms with Crippen molar-refractivity contribution in [3.05, 3.63) is 34.9 Å². The van der Waals surface area contributed by atoms with E-state index in [0.717, 1.165) is 42.6 Å². The molecule has 0 fully saturated rings. The molecular formula is C21H30O5. The molecule has 0 saturated heterocycles. The molecule has 0 aliphatic rings. The van der Waals surface area contributed by atoms with Gasteiger partial charge in [-0.05, 0) is 42.2 Å². The van der Waals surface area contributed by atoms with E-state index in [2.05, 4.69) is 6.92 Å². The van der Waals surface area contributed by atoms with E-state index in [0.29, 0.717) is 6.42 Å². The molecule has 0 aromatic heterocycles. The molecule has 0 saturated carbocycles. The molecule has 0 heterocycles. The lowest BCUT2D eigenvalue weighted by Crippen LogP contribution is -2.21. The summed E-state index contributed by atoms with van der Waals surface area (Å²) in [4.78, 5) is 25.1. The fraction of sp³-hybridized carbons (Fsp3) is 0.524. The second-order valence-corrected chi connectivity index (χ2v) is 6.32. The number of unbranched alkanes of at least 4 members (excludes halogenated alkanes) is 2. The highest BCUT2D eigenvalue weighted by atomic mass is 16.5. The molecule has 0 amide bonds. The fourth-order valence-electron chi connectivity index (χ4n) is 2.69. The van der Waals surface area contributed by atoms with Gasteiger partial charge in [-0.25, -0.2) is 0 Å². The third-order valence-corrected chi connectivity index (χ3v) is 4.27. The van der Waals surface area contributed by atoms with Crippen molar-refractivity contribution in [2.45, 2.75) is 58.5 Å². The largest absolute Gasteiger partial charge is 0.497 e. The van der Waals surface area contributed by atoms with Gasteiger partial charge in [-0.1, -0.05) is 32.8 Å². The van der Waals surface area contributed by atoms with Gasteiger partial charge < -0.3 is 14.9 Å². The summed E-state index contributed by atoms with van der Waals surface area (Å²) < 4.78 is 5.23. The van der Waals surface area contributed by atoms with Crippen LogP contribution >= 0.6 is 0 Å². The molecule has 1 unspecified atom stereocenters. The van der Waals surface area contributed by atoms with Gasteiger partial charge in [0.1, 0.15) is 5.75 Å². The first kappa shape index (κ1) is 22.1. The van der Waals surface area contributed by atoms with Gasteiger partial charge in [0.05, 0.1) is 25.4 Å². The molecule has 5 nitrogen and oxygen atoms in total. The van der Waals surface area contributed by atoms with Gasteiger partial charge in [0.15, 0.2) is 11.6 Å². The highest BCUT2D eigenvalue weighted by Gasteiger charge is 2.21. The maximum Gasteiger partial charge on any atom is 0.169 e. The minimum atomic E-state index is -1.16. The third kappa shape index (κ3) is 6.73. The fourth-order valence-corrected chi connectivity index (χ4v) is 2.69. The summed E-state index contributed by atoms with van der Waals surface area (Å²) in [5, 5.41) is 18.6. The Morgan fingerprint density at radius 1 is 1.19 bits per heavy atom. The highest BCUT2D eigenvalue weighted by Crippen LogP contribution is 2.22. The first-order valence-electron chi connectivity index (χ1n) is 9.20. The SMILES string of the molecule is CCCCCC(=O)C(=Cc1ccc(OC)cc1CC)C(=O)CC(O)CO. The number of hydrogen-bond acceptors (Lipinski definition) is 5. The van der Waals surface area contributed by atoms with Crippen molar-refractivity contribution in [2.75, 3.05) is 13.7 Å². The van der Waals surface area contributed by atoms with E-state index in [9.17, 15) is 14.7 Å². The lowest BCUT2D eigenvalue weighted by molar-refractivity contribution is -0.122. The van der Waals surface area contributed by atoms with Crippen LogP contribution in [0.5, 0.6) is 5.75 Å². The highest BCUT2D eigenvalue weighted by molar-refractivity contribution is 6.23. The maximum atomic E-state index is 12.6. The van der Waals surface area contributed by atoms with Gasteiger partial charge >= 0.3 is 0 Å². The first-order chi connectivity index (χ1) is 12.5. The Kier molecular flexibility index (Phi) is 9.84. The van der Waals surface area contributed by atoms with Crippen LogP contribution in [0.3, 0.4) is 0 Å². The molecule has 1 aromatic rings. The van der Waals surface area contributed by atoms with Crippen molar-refractivity contribution < 1.29 is 24.5 Å². The first-order valence-corrected chi connectivity index (χ1v) is 9.20. The number of Topliss-reactive ketones (excluding diaryl/α,β-unsaturated/α-hetero) is 2. The molecule has 26 heavy (non-hydrogen) atoms. The molecule has 5 heteroatoms.